The summed E-state index contributed by atoms with van der Waals surface area (Å²) in [5.74, 6) is 0. The highest BCUT2D eigenvalue weighted by Crippen LogP contribution is 2.41. The molecule has 29 heavy (non-hydrogen) atoms. The van der Waals surface area contributed by atoms with Crippen molar-refractivity contribution in [2.24, 2.45) is 14.1 Å². The van der Waals surface area contributed by atoms with Gasteiger partial charge in [0.25, 0.3) is 0 Å². The van der Waals surface area contributed by atoms with Gasteiger partial charge in [0.2, 0.25) is 11.1 Å². The molecular weight excluding hydrogens is 374 g/mol. The molecule has 3 nitrogen and oxygen atoms in total. The first kappa shape index (κ1) is 18.1. The van der Waals surface area contributed by atoms with E-state index in [0.717, 1.165) is 6.42 Å². The van der Waals surface area contributed by atoms with Crippen molar-refractivity contribution in [1.82, 2.24) is 4.57 Å². The SMILES string of the molecule is [C-]#[N+]C(C)(C)Cc1cc2ccn(C)c3c4c(C)c5cc[n+](C)c5cc4sc(c1)c23. The van der Waals surface area contributed by atoms with Crippen LogP contribution >= 0.6 is 11.3 Å². The second-order valence-electron chi connectivity index (χ2n) is 8.77. The zero-order valence-corrected chi connectivity index (χ0v) is 18.3. The van der Waals surface area contributed by atoms with Gasteiger partial charge in [0.15, 0.2) is 6.20 Å². The molecule has 0 unspecified atom stereocenters. The number of fused-ring (bicyclic) bond motifs is 3. The predicted octanol–water partition coefficient (Wildman–Crippen LogP) is 6.07. The molecule has 0 fully saturated rings. The van der Waals surface area contributed by atoms with Gasteiger partial charge in [-0.2, -0.15) is 0 Å². The fourth-order valence-electron chi connectivity index (χ4n) is 4.59. The van der Waals surface area contributed by atoms with Crippen LogP contribution in [-0.4, -0.2) is 10.1 Å². The molecule has 5 rings (SSSR count). The second-order valence-corrected chi connectivity index (χ2v) is 9.85. The van der Waals surface area contributed by atoms with Crippen molar-refractivity contribution in [1.29, 1.82) is 0 Å². The van der Waals surface area contributed by atoms with Crippen LogP contribution in [0.2, 0.25) is 0 Å². The van der Waals surface area contributed by atoms with E-state index in [9.17, 15) is 0 Å². The summed E-state index contributed by atoms with van der Waals surface area (Å²) >= 11 is 1.87. The van der Waals surface area contributed by atoms with E-state index < -0.39 is 0 Å². The molecule has 3 heterocycles. The van der Waals surface area contributed by atoms with Crippen LogP contribution in [-0.2, 0) is 20.5 Å². The number of nitrogens with zero attached hydrogens (tertiary/aromatic N) is 3. The Labute approximate surface area is 174 Å². The molecule has 0 bridgehead atoms. The number of pyridine rings is 1. The van der Waals surface area contributed by atoms with E-state index in [4.69, 9.17) is 6.57 Å². The van der Waals surface area contributed by atoms with E-state index in [1.165, 1.54) is 53.1 Å². The quantitative estimate of drug-likeness (QED) is 0.148. The molecule has 2 aromatic carbocycles. The van der Waals surface area contributed by atoms with Crippen molar-refractivity contribution < 1.29 is 4.57 Å². The smallest absolute Gasteiger partial charge is 0.231 e. The molecule has 0 amide bonds. The number of benzene rings is 2. The van der Waals surface area contributed by atoms with Gasteiger partial charge in [-0.25, -0.2) is 11.1 Å². The lowest BCUT2D eigenvalue weighted by Crippen LogP contribution is -2.24. The number of hydrogen-bond acceptors (Lipinski definition) is 1. The Bertz CT molecular complexity index is 1490. The van der Waals surface area contributed by atoms with Crippen LogP contribution in [0.5, 0.6) is 0 Å². The van der Waals surface area contributed by atoms with Gasteiger partial charge < -0.3 is 9.41 Å². The maximum atomic E-state index is 7.51. The summed E-state index contributed by atoms with van der Waals surface area (Å²) < 4.78 is 7.07. The lowest BCUT2D eigenvalue weighted by molar-refractivity contribution is -0.642. The zero-order chi connectivity index (χ0) is 20.5. The average molecular weight is 399 g/mol. The van der Waals surface area contributed by atoms with Crippen LogP contribution in [0, 0.1) is 13.5 Å². The molecule has 0 aliphatic carbocycles. The standard InChI is InChI=1S/C25H24N3S/c1-15-18-8-10-27(5)19(18)13-21-22(15)24-23-17(7-9-28(24)6)11-16(12-20(23)29-21)14-25(2,3)26-4/h7-13H,14H2,1-3,5-6H3/q+1. The molecule has 4 heteroatoms. The summed E-state index contributed by atoms with van der Waals surface area (Å²) in [5.41, 5.74) is 4.77. The van der Waals surface area contributed by atoms with Gasteiger partial charge in [0.05, 0.1) is 17.3 Å². The Kier molecular flexibility index (Phi) is 3.78. The maximum absolute atomic E-state index is 7.51. The van der Waals surface area contributed by atoms with E-state index in [2.05, 4.69) is 77.7 Å². The van der Waals surface area contributed by atoms with Gasteiger partial charge in [0.1, 0.15) is 7.05 Å². The molecule has 0 N–H and O–H groups in total. The second kappa shape index (κ2) is 6.05. The Morgan fingerprint density at radius 3 is 2.66 bits per heavy atom. The minimum absolute atomic E-state index is 0.383. The summed E-state index contributed by atoms with van der Waals surface area (Å²) in [6.45, 7) is 13.8. The highest BCUT2D eigenvalue weighted by atomic mass is 32.1. The minimum atomic E-state index is -0.383. The largest absolute Gasteiger partial charge is 0.350 e. The molecule has 3 aromatic heterocycles. The molecule has 144 valence electrons. The van der Waals surface area contributed by atoms with Crippen LogP contribution < -0.4 is 4.57 Å². The molecule has 0 aliphatic heterocycles. The van der Waals surface area contributed by atoms with E-state index in [1.54, 1.807) is 0 Å². The highest BCUT2D eigenvalue weighted by Gasteiger charge is 2.24. The van der Waals surface area contributed by atoms with Crippen LogP contribution in [0.1, 0.15) is 25.0 Å². The first-order chi connectivity index (χ1) is 13.8. The van der Waals surface area contributed by atoms with Crippen LogP contribution in [0.25, 0.3) is 46.8 Å². The molecule has 0 aliphatic rings. The normalized spacial score (nSPS) is 12.4. The topological polar surface area (TPSA) is 13.2 Å². The van der Waals surface area contributed by atoms with Crippen LogP contribution in [0.3, 0.4) is 0 Å². The van der Waals surface area contributed by atoms with E-state index >= 15 is 0 Å². The monoisotopic (exact) mass is 398 g/mol. The summed E-state index contributed by atoms with van der Waals surface area (Å²) in [5, 5.41) is 5.26. The van der Waals surface area contributed by atoms with E-state index in [1.807, 2.05) is 25.2 Å². The van der Waals surface area contributed by atoms with Gasteiger partial charge in [-0.05, 0) is 35.6 Å². The summed E-state index contributed by atoms with van der Waals surface area (Å²) in [4.78, 5) is 3.82. The zero-order valence-electron chi connectivity index (χ0n) is 17.5. The fraction of sp³-hybridized carbons (Fsp3) is 0.280. The molecule has 0 saturated heterocycles. The van der Waals surface area contributed by atoms with Crippen molar-refractivity contribution in [2.45, 2.75) is 32.7 Å². The third-order valence-corrected chi connectivity index (χ3v) is 7.15. The lowest BCUT2D eigenvalue weighted by Gasteiger charge is -2.17. The van der Waals surface area contributed by atoms with Crippen molar-refractivity contribution in [3.63, 3.8) is 0 Å². The fourth-order valence-corrected chi connectivity index (χ4v) is 5.88. The third kappa shape index (κ3) is 2.65. The molecule has 0 saturated carbocycles. The first-order valence-electron chi connectivity index (χ1n) is 9.90. The predicted molar refractivity (Wildman–Crippen MR) is 124 cm³/mol. The Morgan fingerprint density at radius 2 is 1.90 bits per heavy atom. The molecule has 0 atom stereocenters. The number of aryl methyl sites for hydroxylation is 3. The Balaban J connectivity index is 1.95. The minimum Gasteiger partial charge on any atom is -0.350 e. The van der Waals surface area contributed by atoms with Gasteiger partial charge in [-0.15, -0.1) is 11.3 Å². The van der Waals surface area contributed by atoms with E-state index in [0.29, 0.717) is 0 Å². The van der Waals surface area contributed by atoms with Crippen LogP contribution in [0.4, 0.5) is 0 Å². The average Bonchev–Trinajstić information content (AvgIpc) is 3.04. The first-order valence-corrected chi connectivity index (χ1v) is 10.7. The lowest BCUT2D eigenvalue weighted by atomic mass is 9.94. The van der Waals surface area contributed by atoms with Gasteiger partial charge in [-0.3, -0.25) is 0 Å². The molecule has 0 radical (unpaired) electrons. The van der Waals surface area contributed by atoms with Crippen molar-refractivity contribution in [3.05, 3.63) is 65.3 Å². The van der Waals surface area contributed by atoms with Gasteiger partial charge in [0, 0.05) is 59.4 Å². The molecule has 0 spiro atoms. The van der Waals surface area contributed by atoms with Crippen LogP contribution in [0.15, 0.2) is 42.7 Å². The Morgan fingerprint density at radius 1 is 1.14 bits per heavy atom. The van der Waals surface area contributed by atoms with Gasteiger partial charge >= 0.3 is 0 Å². The summed E-state index contributed by atoms with van der Waals surface area (Å²) in [6, 6.07) is 11.3. The number of rotatable bonds is 2. The van der Waals surface area contributed by atoms with Gasteiger partial charge in [-0.1, -0.05) is 6.07 Å². The number of aromatic nitrogens is 2. The van der Waals surface area contributed by atoms with Crippen molar-refractivity contribution in [2.75, 3.05) is 0 Å². The van der Waals surface area contributed by atoms with Crippen molar-refractivity contribution in [3.8, 4) is 0 Å². The summed E-state index contributed by atoms with van der Waals surface area (Å²) in [6.07, 6.45) is 5.07. The number of hydrogen-bond donors (Lipinski definition) is 0. The molecule has 5 aromatic rings. The van der Waals surface area contributed by atoms with E-state index in [-0.39, 0.29) is 5.54 Å². The highest BCUT2D eigenvalue weighted by molar-refractivity contribution is 7.25. The third-order valence-electron chi connectivity index (χ3n) is 6.07. The van der Waals surface area contributed by atoms with Crippen molar-refractivity contribution >= 4 is 53.3 Å². The maximum Gasteiger partial charge on any atom is 0.231 e. The summed E-state index contributed by atoms with van der Waals surface area (Å²) in [7, 11) is 4.25. The Hall–Kier alpha value is -2.90. The molecular formula is C25H24N3S+.